The van der Waals surface area contributed by atoms with E-state index in [2.05, 4.69) is 11.9 Å². The van der Waals surface area contributed by atoms with E-state index in [9.17, 15) is 9.59 Å². The lowest BCUT2D eigenvalue weighted by molar-refractivity contribution is -0.137. The Morgan fingerprint density at radius 1 is 1.56 bits per heavy atom. The molecule has 2 unspecified atom stereocenters. The van der Waals surface area contributed by atoms with Crippen LogP contribution in [0.25, 0.3) is 0 Å². The van der Waals surface area contributed by atoms with Crippen LogP contribution >= 0.6 is 0 Å². The molecular weight excluding hydrogens is 208 g/mol. The van der Waals surface area contributed by atoms with Crippen molar-refractivity contribution in [1.82, 2.24) is 5.32 Å². The second-order valence-electron chi connectivity index (χ2n) is 3.83. The fourth-order valence-electron chi connectivity index (χ4n) is 1.27. The molecule has 0 aliphatic rings. The van der Waals surface area contributed by atoms with E-state index in [1.165, 1.54) is 0 Å². The summed E-state index contributed by atoms with van der Waals surface area (Å²) >= 11 is 0. The zero-order valence-electron chi connectivity index (χ0n) is 9.61. The van der Waals surface area contributed by atoms with Crippen LogP contribution in [0.15, 0.2) is 12.7 Å². The van der Waals surface area contributed by atoms with Gasteiger partial charge in [0.2, 0.25) is 5.91 Å². The maximum absolute atomic E-state index is 11.4. The van der Waals surface area contributed by atoms with Gasteiger partial charge in [0.15, 0.2) is 0 Å². The predicted octanol–water partition coefficient (Wildman–Crippen LogP) is 0.649. The summed E-state index contributed by atoms with van der Waals surface area (Å²) in [4.78, 5) is 21.7. The minimum atomic E-state index is -0.818. The van der Waals surface area contributed by atoms with Gasteiger partial charge in [-0.3, -0.25) is 9.59 Å². The van der Waals surface area contributed by atoms with Crippen molar-refractivity contribution in [3.05, 3.63) is 12.7 Å². The van der Waals surface area contributed by atoms with Gasteiger partial charge >= 0.3 is 5.97 Å². The average Bonchev–Trinajstić information content (AvgIpc) is 2.17. The van der Waals surface area contributed by atoms with Crippen molar-refractivity contribution in [2.24, 2.45) is 5.73 Å². The molecule has 5 nitrogen and oxygen atoms in total. The van der Waals surface area contributed by atoms with Gasteiger partial charge in [0.25, 0.3) is 0 Å². The van der Waals surface area contributed by atoms with Gasteiger partial charge in [-0.05, 0) is 26.2 Å². The predicted molar refractivity (Wildman–Crippen MR) is 61.9 cm³/mol. The Labute approximate surface area is 95.7 Å². The summed E-state index contributed by atoms with van der Waals surface area (Å²) in [5.74, 6) is -1.04. The van der Waals surface area contributed by atoms with Gasteiger partial charge in [-0.25, -0.2) is 0 Å². The number of hydrogen-bond acceptors (Lipinski definition) is 3. The van der Waals surface area contributed by atoms with Crippen molar-refractivity contribution in [2.75, 3.05) is 0 Å². The zero-order valence-corrected chi connectivity index (χ0v) is 9.61. The quantitative estimate of drug-likeness (QED) is 0.532. The molecule has 0 radical (unpaired) electrons. The number of hydrogen-bond donors (Lipinski definition) is 3. The molecule has 1 amide bonds. The molecule has 0 heterocycles. The molecule has 0 saturated heterocycles. The highest BCUT2D eigenvalue weighted by Crippen LogP contribution is 2.01. The van der Waals surface area contributed by atoms with Crippen LogP contribution in [0.4, 0.5) is 0 Å². The van der Waals surface area contributed by atoms with E-state index >= 15 is 0 Å². The Balaban J connectivity index is 3.77. The van der Waals surface area contributed by atoms with Crippen molar-refractivity contribution < 1.29 is 14.7 Å². The number of carbonyl (C=O) groups is 2. The summed E-state index contributed by atoms with van der Waals surface area (Å²) in [5.41, 5.74) is 5.58. The average molecular weight is 228 g/mol. The van der Waals surface area contributed by atoms with Crippen LogP contribution in [-0.4, -0.2) is 29.1 Å². The highest BCUT2D eigenvalue weighted by molar-refractivity contribution is 5.81. The second kappa shape index (κ2) is 7.87. The van der Waals surface area contributed by atoms with Gasteiger partial charge in [-0.1, -0.05) is 6.08 Å². The Bertz CT molecular complexity index is 254. The van der Waals surface area contributed by atoms with Crippen LogP contribution in [0.2, 0.25) is 0 Å². The maximum atomic E-state index is 11.4. The standard InChI is InChI=1S/C11H20N2O3/c1-3-5-9(12)11(16)13-8(2)6-4-7-10(14)15/h3,8-9H,1,4-7,12H2,2H3,(H,13,16)(H,14,15). The fraction of sp³-hybridized carbons (Fsp3) is 0.636. The van der Waals surface area contributed by atoms with E-state index in [1.807, 2.05) is 6.92 Å². The third kappa shape index (κ3) is 7.00. The molecular formula is C11H20N2O3. The highest BCUT2D eigenvalue weighted by Gasteiger charge is 2.14. The Morgan fingerprint density at radius 2 is 2.19 bits per heavy atom. The van der Waals surface area contributed by atoms with Crippen molar-refractivity contribution in [3.8, 4) is 0 Å². The van der Waals surface area contributed by atoms with Crippen molar-refractivity contribution in [1.29, 1.82) is 0 Å². The molecule has 0 spiro atoms. The Hall–Kier alpha value is -1.36. The summed E-state index contributed by atoms with van der Waals surface area (Å²) in [5, 5.41) is 11.2. The lowest BCUT2D eigenvalue weighted by Crippen LogP contribution is -2.44. The van der Waals surface area contributed by atoms with Gasteiger partial charge in [0.05, 0.1) is 6.04 Å². The van der Waals surface area contributed by atoms with Gasteiger partial charge in [0, 0.05) is 12.5 Å². The molecule has 0 saturated carbocycles. The molecule has 0 aliphatic heterocycles. The largest absolute Gasteiger partial charge is 0.481 e. The van der Waals surface area contributed by atoms with Crippen LogP contribution in [-0.2, 0) is 9.59 Å². The Kier molecular flexibility index (Phi) is 7.20. The fourth-order valence-corrected chi connectivity index (χ4v) is 1.27. The number of nitrogens with two attached hydrogens (primary N) is 1. The van der Waals surface area contributed by atoms with E-state index in [-0.39, 0.29) is 18.4 Å². The van der Waals surface area contributed by atoms with Crippen LogP contribution < -0.4 is 11.1 Å². The summed E-state index contributed by atoms with van der Waals surface area (Å²) in [7, 11) is 0. The first-order valence-electron chi connectivity index (χ1n) is 5.36. The van der Waals surface area contributed by atoms with E-state index < -0.39 is 12.0 Å². The minimum absolute atomic E-state index is 0.0530. The first-order valence-corrected chi connectivity index (χ1v) is 5.36. The molecule has 0 bridgehead atoms. The van der Waals surface area contributed by atoms with Crippen LogP contribution in [0, 0.1) is 0 Å². The molecule has 4 N–H and O–H groups in total. The maximum Gasteiger partial charge on any atom is 0.303 e. The molecule has 0 rings (SSSR count). The highest BCUT2D eigenvalue weighted by atomic mass is 16.4. The van der Waals surface area contributed by atoms with E-state index in [0.29, 0.717) is 19.3 Å². The van der Waals surface area contributed by atoms with Crippen molar-refractivity contribution in [3.63, 3.8) is 0 Å². The van der Waals surface area contributed by atoms with Gasteiger partial charge < -0.3 is 16.2 Å². The first kappa shape index (κ1) is 14.6. The summed E-state index contributed by atoms with van der Waals surface area (Å²) in [6.07, 6.45) is 3.35. The molecule has 16 heavy (non-hydrogen) atoms. The molecule has 5 heteroatoms. The topological polar surface area (TPSA) is 92.4 Å². The lowest BCUT2D eigenvalue weighted by atomic mass is 10.1. The molecule has 0 aromatic carbocycles. The molecule has 2 atom stereocenters. The third-order valence-corrected chi connectivity index (χ3v) is 2.17. The monoisotopic (exact) mass is 228 g/mol. The van der Waals surface area contributed by atoms with E-state index in [4.69, 9.17) is 10.8 Å². The van der Waals surface area contributed by atoms with Crippen LogP contribution in [0.5, 0.6) is 0 Å². The normalized spacial score (nSPS) is 13.9. The smallest absolute Gasteiger partial charge is 0.303 e. The molecule has 0 aromatic rings. The number of amides is 1. The summed E-state index contributed by atoms with van der Waals surface area (Å²) in [6.45, 7) is 5.34. The number of carboxylic acid groups (broad SMARTS) is 1. The summed E-state index contributed by atoms with van der Waals surface area (Å²) in [6, 6.07) is -0.623. The summed E-state index contributed by atoms with van der Waals surface area (Å²) < 4.78 is 0. The third-order valence-electron chi connectivity index (χ3n) is 2.17. The SMILES string of the molecule is C=CCC(N)C(=O)NC(C)CCCC(=O)O. The van der Waals surface area contributed by atoms with Gasteiger partial charge in [-0.15, -0.1) is 6.58 Å². The second-order valence-corrected chi connectivity index (χ2v) is 3.83. The van der Waals surface area contributed by atoms with Gasteiger partial charge in [-0.2, -0.15) is 0 Å². The van der Waals surface area contributed by atoms with Crippen LogP contribution in [0.3, 0.4) is 0 Å². The molecule has 0 fully saturated rings. The number of rotatable bonds is 8. The number of carbonyl (C=O) groups excluding carboxylic acids is 1. The van der Waals surface area contributed by atoms with E-state index in [0.717, 1.165) is 0 Å². The number of carboxylic acids is 1. The Morgan fingerprint density at radius 3 is 2.69 bits per heavy atom. The number of nitrogens with one attached hydrogen (secondary N) is 1. The minimum Gasteiger partial charge on any atom is -0.481 e. The van der Waals surface area contributed by atoms with Gasteiger partial charge in [0.1, 0.15) is 0 Å². The van der Waals surface area contributed by atoms with Crippen molar-refractivity contribution >= 4 is 11.9 Å². The number of aliphatic carboxylic acids is 1. The molecule has 92 valence electrons. The first-order chi connectivity index (χ1) is 7.47. The lowest BCUT2D eigenvalue weighted by Gasteiger charge is -2.16. The zero-order chi connectivity index (χ0) is 12.6. The molecule has 0 aromatic heterocycles. The molecule has 0 aliphatic carbocycles. The van der Waals surface area contributed by atoms with E-state index in [1.54, 1.807) is 6.08 Å². The van der Waals surface area contributed by atoms with Crippen molar-refractivity contribution in [2.45, 2.75) is 44.7 Å². The van der Waals surface area contributed by atoms with Crippen LogP contribution in [0.1, 0.15) is 32.6 Å².